The average Bonchev–Trinajstić information content (AvgIpc) is 3.28. The molecule has 1 aromatic carbocycles. The number of carbonyl (C=O) groups excluding carboxylic acids is 3. The number of ether oxygens (including phenoxy) is 2. The highest BCUT2D eigenvalue weighted by molar-refractivity contribution is 5.88. The number of esters is 1. The van der Waals surface area contributed by atoms with Crippen molar-refractivity contribution in [2.24, 2.45) is 0 Å². The molecular weight excluding hydrogens is 434 g/mol. The molecule has 1 saturated heterocycles. The molecule has 0 bridgehead atoms. The standard InChI is InChI=1S/C26H41N3O5/c1-26(2,3)34-25(32)28-17-9-8-15-21(27-18-10-14-20-12-6-5-7-13-20)23(30)29-19-11-16-22(29)24(31)33-4/h5-7,12-13,21-22,27H,8-11,14-19H2,1-4H3,(H,28,32)/t21-,22-/m0/s1. The molecule has 2 rings (SSSR count). The van der Waals surface area contributed by atoms with Gasteiger partial charge >= 0.3 is 12.1 Å². The van der Waals surface area contributed by atoms with E-state index in [4.69, 9.17) is 9.47 Å². The van der Waals surface area contributed by atoms with Crippen LogP contribution in [-0.2, 0) is 25.5 Å². The number of carbonyl (C=O) groups is 3. The van der Waals surface area contributed by atoms with Gasteiger partial charge in [-0.05, 0) is 77.8 Å². The Morgan fingerprint density at radius 2 is 1.82 bits per heavy atom. The zero-order valence-corrected chi connectivity index (χ0v) is 21.1. The van der Waals surface area contributed by atoms with E-state index in [1.807, 2.05) is 39.0 Å². The van der Waals surface area contributed by atoms with Gasteiger partial charge in [0, 0.05) is 13.1 Å². The number of rotatable bonds is 12. The molecular formula is C26H41N3O5. The fourth-order valence-corrected chi connectivity index (χ4v) is 4.12. The van der Waals surface area contributed by atoms with Gasteiger partial charge in [0.05, 0.1) is 13.2 Å². The largest absolute Gasteiger partial charge is 0.467 e. The first-order valence-electron chi connectivity index (χ1n) is 12.3. The maximum absolute atomic E-state index is 13.3. The van der Waals surface area contributed by atoms with Crippen molar-refractivity contribution >= 4 is 18.0 Å². The lowest BCUT2D eigenvalue weighted by atomic mass is 10.1. The number of unbranched alkanes of at least 4 members (excludes halogenated alkanes) is 1. The van der Waals surface area contributed by atoms with E-state index in [-0.39, 0.29) is 17.9 Å². The molecule has 1 heterocycles. The summed E-state index contributed by atoms with van der Waals surface area (Å²) in [5.74, 6) is -0.400. The molecule has 0 aliphatic carbocycles. The number of nitrogens with one attached hydrogen (secondary N) is 2. The van der Waals surface area contributed by atoms with Crippen LogP contribution in [0, 0.1) is 0 Å². The molecule has 0 unspecified atom stereocenters. The second kappa shape index (κ2) is 13.9. The zero-order chi connectivity index (χ0) is 25.0. The maximum Gasteiger partial charge on any atom is 0.407 e. The smallest absolute Gasteiger partial charge is 0.407 e. The number of methoxy groups -OCH3 is 1. The van der Waals surface area contributed by atoms with Crippen LogP contribution in [0.2, 0.25) is 0 Å². The molecule has 8 heteroatoms. The summed E-state index contributed by atoms with van der Waals surface area (Å²) in [7, 11) is 1.36. The van der Waals surface area contributed by atoms with Crippen LogP contribution >= 0.6 is 0 Å². The molecule has 2 amide bonds. The quantitative estimate of drug-likeness (QED) is 0.355. The normalized spacial score (nSPS) is 16.7. The zero-order valence-electron chi connectivity index (χ0n) is 21.1. The lowest BCUT2D eigenvalue weighted by molar-refractivity contribution is -0.151. The van der Waals surface area contributed by atoms with Crippen LogP contribution in [0.4, 0.5) is 4.79 Å². The number of hydrogen-bond acceptors (Lipinski definition) is 6. The summed E-state index contributed by atoms with van der Waals surface area (Å²) in [4.78, 5) is 39.0. The van der Waals surface area contributed by atoms with E-state index in [0.29, 0.717) is 32.5 Å². The van der Waals surface area contributed by atoms with Crippen LogP contribution in [0.15, 0.2) is 30.3 Å². The molecule has 190 valence electrons. The van der Waals surface area contributed by atoms with Crippen LogP contribution < -0.4 is 10.6 Å². The number of hydrogen-bond donors (Lipinski definition) is 2. The van der Waals surface area contributed by atoms with E-state index in [2.05, 4.69) is 22.8 Å². The fourth-order valence-electron chi connectivity index (χ4n) is 4.12. The fraction of sp³-hybridized carbons (Fsp3) is 0.654. The SMILES string of the molecule is COC(=O)[C@@H]1CCCN1C(=O)[C@H](CCCCNC(=O)OC(C)(C)C)NCCCc1ccccc1. The summed E-state index contributed by atoms with van der Waals surface area (Å²) < 4.78 is 10.2. The van der Waals surface area contributed by atoms with Gasteiger partial charge in [-0.15, -0.1) is 0 Å². The van der Waals surface area contributed by atoms with Gasteiger partial charge in [0.15, 0.2) is 0 Å². The molecule has 0 saturated carbocycles. The number of nitrogens with zero attached hydrogens (tertiary/aromatic N) is 1. The highest BCUT2D eigenvalue weighted by atomic mass is 16.6. The van der Waals surface area contributed by atoms with Crippen LogP contribution in [0.3, 0.4) is 0 Å². The minimum atomic E-state index is -0.531. The Kier molecular flexibility index (Phi) is 11.3. The van der Waals surface area contributed by atoms with E-state index in [9.17, 15) is 14.4 Å². The molecule has 0 spiro atoms. The van der Waals surface area contributed by atoms with Crippen molar-refractivity contribution in [2.75, 3.05) is 26.7 Å². The third-order valence-corrected chi connectivity index (χ3v) is 5.77. The third-order valence-electron chi connectivity index (χ3n) is 5.77. The van der Waals surface area contributed by atoms with E-state index in [1.165, 1.54) is 12.7 Å². The highest BCUT2D eigenvalue weighted by Gasteiger charge is 2.37. The van der Waals surface area contributed by atoms with Gasteiger partial charge in [-0.25, -0.2) is 9.59 Å². The molecule has 1 fully saturated rings. The van der Waals surface area contributed by atoms with E-state index < -0.39 is 17.7 Å². The molecule has 1 aromatic rings. The average molecular weight is 476 g/mol. The summed E-state index contributed by atoms with van der Waals surface area (Å²) in [5.41, 5.74) is 0.739. The van der Waals surface area contributed by atoms with Crippen LogP contribution in [-0.4, -0.2) is 67.3 Å². The summed E-state index contributed by atoms with van der Waals surface area (Å²) in [6.45, 7) is 7.24. The summed E-state index contributed by atoms with van der Waals surface area (Å²) >= 11 is 0. The van der Waals surface area contributed by atoms with E-state index in [1.54, 1.807) is 4.90 Å². The second-order valence-electron chi connectivity index (χ2n) is 9.73. The monoisotopic (exact) mass is 475 g/mol. The minimum Gasteiger partial charge on any atom is -0.467 e. The Morgan fingerprint density at radius 1 is 1.09 bits per heavy atom. The number of aryl methyl sites for hydroxylation is 1. The third kappa shape index (κ3) is 9.71. The molecule has 0 aromatic heterocycles. The minimum absolute atomic E-state index is 0.0484. The van der Waals surface area contributed by atoms with Gasteiger partial charge in [0.1, 0.15) is 11.6 Å². The van der Waals surface area contributed by atoms with Gasteiger partial charge in [-0.1, -0.05) is 30.3 Å². The Labute approximate surface area is 203 Å². The van der Waals surface area contributed by atoms with Crippen LogP contribution in [0.1, 0.15) is 64.9 Å². The maximum atomic E-state index is 13.3. The van der Waals surface area contributed by atoms with Crippen LogP contribution in [0.5, 0.6) is 0 Å². The number of alkyl carbamates (subject to hydrolysis) is 1. The topological polar surface area (TPSA) is 97.0 Å². The molecule has 1 aliphatic heterocycles. The van der Waals surface area contributed by atoms with Crippen molar-refractivity contribution in [3.05, 3.63) is 35.9 Å². The summed E-state index contributed by atoms with van der Waals surface area (Å²) in [6, 6.07) is 9.39. The summed E-state index contributed by atoms with van der Waals surface area (Å²) in [6.07, 6.45) is 4.97. The van der Waals surface area contributed by atoms with Gasteiger partial charge in [0.25, 0.3) is 0 Å². The molecule has 1 aliphatic rings. The van der Waals surface area contributed by atoms with Gasteiger partial charge < -0.3 is 25.0 Å². The Morgan fingerprint density at radius 3 is 2.50 bits per heavy atom. The molecule has 0 radical (unpaired) electrons. The Balaban J connectivity index is 1.86. The number of likely N-dealkylation sites (tertiary alicyclic amines) is 1. The lowest BCUT2D eigenvalue weighted by Gasteiger charge is -2.28. The Hall–Kier alpha value is -2.61. The Bertz CT molecular complexity index is 778. The molecule has 2 N–H and O–H groups in total. The van der Waals surface area contributed by atoms with E-state index >= 15 is 0 Å². The summed E-state index contributed by atoms with van der Waals surface area (Å²) in [5, 5.41) is 6.18. The molecule has 8 nitrogen and oxygen atoms in total. The van der Waals surface area contributed by atoms with Gasteiger partial charge in [0.2, 0.25) is 5.91 Å². The van der Waals surface area contributed by atoms with Crippen molar-refractivity contribution in [3.8, 4) is 0 Å². The highest BCUT2D eigenvalue weighted by Crippen LogP contribution is 2.20. The van der Waals surface area contributed by atoms with Crippen molar-refractivity contribution in [3.63, 3.8) is 0 Å². The first kappa shape index (κ1) is 27.6. The molecule has 2 atom stereocenters. The lowest BCUT2D eigenvalue weighted by Crippen LogP contribution is -2.50. The van der Waals surface area contributed by atoms with E-state index in [0.717, 1.165) is 32.1 Å². The van der Waals surface area contributed by atoms with Crippen molar-refractivity contribution in [1.82, 2.24) is 15.5 Å². The number of benzene rings is 1. The van der Waals surface area contributed by atoms with Gasteiger partial charge in [-0.3, -0.25) is 4.79 Å². The van der Waals surface area contributed by atoms with Crippen molar-refractivity contribution < 1.29 is 23.9 Å². The predicted molar refractivity (Wildman–Crippen MR) is 131 cm³/mol. The van der Waals surface area contributed by atoms with Crippen molar-refractivity contribution in [1.29, 1.82) is 0 Å². The predicted octanol–water partition coefficient (Wildman–Crippen LogP) is 3.44. The molecule has 34 heavy (non-hydrogen) atoms. The van der Waals surface area contributed by atoms with Crippen molar-refractivity contribution in [2.45, 2.75) is 83.4 Å². The second-order valence-corrected chi connectivity index (χ2v) is 9.73. The number of amides is 2. The first-order valence-corrected chi connectivity index (χ1v) is 12.3. The van der Waals surface area contributed by atoms with Crippen LogP contribution in [0.25, 0.3) is 0 Å². The van der Waals surface area contributed by atoms with Gasteiger partial charge in [-0.2, -0.15) is 0 Å². The first-order chi connectivity index (χ1) is 16.2.